The minimum atomic E-state index is -0.303. The molecule has 0 atom stereocenters. The van der Waals surface area contributed by atoms with Crippen LogP contribution in [-0.2, 0) is 17.6 Å². The van der Waals surface area contributed by atoms with Crippen molar-refractivity contribution >= 4 is 28.8 Å². The number of benzene rings is 1. The fourth-order valence-corrected chi connectivity index (χ4v) is 2.64. The van der Waals surface area contributed by atoms with E-state index in [-0.39, 0.29) is 11.9 Å². The van der Waals surface area contributed by atoms with Crippen LogP contribution < -0.4 is 11.5 Å². The van der Waals surface area contributed by atoms with Gasteiger partial charge in [0.1, 0.15) is 11.5 Å². The molecule has 0 radical (unpaired) electrons. The lowest BCUT2D eigenvalue weighted by Gasteiger charge is -2.05. The molecule has 0 fully saturated rings. The van der Waals surface area contributed by atoms with Gasteiger partial charge in [-0.25, -0.2) is 4.79 Å². The highest BCUT2D eigenvalue weighted by atomic mass is 16.5. The first-order valence-corrected chi connectivity index (χ1v) is 7.73. The Balaban J connectivity index is 1.73. The summed E-state index contributed by atoms with van der Waals surface area (Å²) >= 11 is 0. The largest absolute Gasteiger partial charge is 0.462 e. The van der Waals surface area contributed by atoms with Crippen LogP contribution >= 0.6 is 0 Å². The average Bonchev–Trinajstić information content (AvgIpc) is 2.96. The van der Waals surface area contributed by atoms with Crippen LogP contribution in [0.2, 0.25) is 0 Å². The molecule has 0 bridgehead atoms. The highest BCUT2D eigenvalue weighted by Gasteiger charge is 2.11. The molecule has 3 rings (SSSR count). The Hall–Kier alpha value is -3.09. The van der Waals surface area contributed by atoms with Crippen LogP contribution in [0.15, 0.2) is 30.5 Å². The van der Waals surface area contributed by atoms with E-state index < -0.39 is 0 Å². The Morgan fingerprint density at radius 2 is 1.92 bits per heavy atom. The molecule has 0 amide bonds. The van der Waals surface area contributed by atoms with E-state index in [2.05, 4.69) is 15.0 Å². The maximum Gasteiger partial charge on any atom is 0.338 e. The second kappa shape index (κ2) is 6.57. The first-order valence-electron chi connectivity index (χ1n) is 7.73. The number of anilines is 2. The van der Waals surface area contributed by atoms with Crippen molar-refractivity contribution < 1.29 is 9.53 Å². The number of carbonyl (C=O) groups excluding carboxylic acids is 1. The quantitative estimate of drug-likeness (QED) is 0.618. The summed E-state index contributed by atoms with van der Waals surface area (Å²) in [5, 5.41) is 0.812. The van der Waals surface area contributed by atoms with Gasteiger partial charge < -0.3 is 21.2 Å². The summed E-state index contributed by atoms with van der Waals surface area (Å²) in [5.74, 6) is 0.234. The van der Waals surface area contributed by atoms with Gasteiger partial charge in [-0.3, -0.25) is 0 Å². The molecule has 5 N–H and O–H groups in total. The SMILES string of the molecule is CCOC(=O)c1ccc(CCc2c[nH]c3nc(N)nc(N)c23)cc1. The molecule has 0 aliphatic carbocycles. The smallest absolute Gasteiger partial charge is 0.338 e. The molecule has 24 heavy (non-hydrogen) atoms. The molecule has 0 saturated carbocycles. The van der Waals surface area contributed by atoms with Crippen molar-refractivity contribution in [1.29, 1.82) is 0 Å². The van der Waals surface area contributed by atoms with Crippen molar-refractivity contribution in [3.05, 3.63) is 47.2 Å². The Morgan fingerprint density at radius 1 is 1.17 bits per heavy atom. The number of hydrogen-bond donors (Lipinski definition) is 3. The minimum absolute atomic E-state index is 0.156. The molecule has 0 aliphatic rings. The summed E-state index contributed by atoms with van der Waals surface area (Å²) in [6.07, 6.45) is 3.46. The van der Waals surface area contributed by atoms with E-state index >= 15 is 0 Å². The van der Waals surface area contributed by atoms with E-state index in [9.17, 15) is 4.79 Å². The number of nitrogen functional groups attached to an aromatic ring is 2. The van der Waals surface area contributed by atoms with Crippen LogP contribution in [0, 0.1) is 0 Å². The number of nitrogens with one attached hydrogen (secondary N) is 1. The molecule has 7 heteroatoms. The number of rotatable bonds is 5. The molecule has 0 spiro atoms. The van der Waals surface area contributed by atoms with Gasteiger partial charge in [0.05, 0.1) is 17.6 Å². The van der Waals surface area contributed by atoms with Crippen LogP contribution in [0.5, 0.6) is 0 Å². The van der Waals surface area contributed by atoms with Crippen LogP contribution in [0.4, 0.5) is 11.8 Å². The van der Waals surface area contributed by atoms with E-state index in [0.717, 1.165) is 29.4 Å². The van der Waals surface area contributed by atoms with E-state index in [1.165, 1.54) is 0 Å². The number of aryl methyl sites for hydroxylation is 2. The van der Waals surface area contributed by atoms with Gasteiger partial charge >= 0.3 is 5.97 Å². The lowest BCUT2D eigenvalue weighted by molar-refractivity contribution is 0.0526. The highest BCUT2D eigenvalue weighted by Crippen LogP contribution is 2.24. The first-order chi connectivity index (χ1) is 11.6. The molecule has 3 aromatic rings. The number of ether oxygens (including phenoxy) is 1. The topological polar surface area (TPSA) is 120 Å². The lowest BCUT2D eigenvalue weighted by atomic mass is 10.0. The molecule has 1 aromatic carbocycles. The molecule has 124 valence electrons. The summed E-state index contributed by atoms with van der Waals surface area (Å²) in [4.78, 5) is 22.9. The maximum absolute atomic E-state index is 11.6. The molecule has 2 aromatic heterocycles. The summed E-state index contributed by atoms with van der Waals surface area (Å²) < 4.78 is 4.98. The number of esters is 1. The van der Waals surface area contributed by atoms with Crippen molar-refractivity contribution in [1.82, 2.24) is 15.0 Å². The normalized spacial score (nSPS) is 10.9. The molecular formula is C17H19N5O2. The second-order valence-corrected chi connectivity index (χ2v) is 5.42. The number of nitrogens with zero attached hydrogens (tertiary/aromatic N) is 2. The zero-order valence-electron chi connectivity index (χ0n) is 13.4. The molecule has 2 heterocycles. The zero-order valence-corrected chi connectivity index (χ0v) is 13.4. The number of aromatic amines is 1. The Kier molecular flexibility index (Phi) is 4.33. The zero-order chi connectivity index (χ0) is 17.1. The van der Waals surface area contributed by atoms with Crippen molar-refractivity contribution in [2.45, 2.75) is 19.8 Å². The van der Waals surface area contributed by atoms with Gasteiger partial charge in [-0.05, 0) is 43.0 Å². The third-order valence-electron chi connectivity index (χ3n) is 3.81. The van der Waals surface area contributed by atoms with Crippen LogP contribution in [-0.4, -0.2) is 27.5 Å². The van der Waals surface area contributed by atoms with Crippen LogP contribution in [0.25, 0.3) is 11.0 Å². The molecule has 0 aliphatic heterocycles. The number of H-pyrrole nitrogens is 1. The number of aromatic nitrogens is 3. The summed E-state index contributed by atoms with van der Waals surface area (Å²) in [7, 11) is 0. The average molecular weight is 325 g/mol. The van der Waals surface area contributed by atoms with Crippen molar-refractivity contribution in [2.24, 2.45) is 0 Å². The predicted molar refractivity (Wildman–Crippen MR) is 92.5 cm³/mol. The number of fused-ring (bicyclic) bond motifs is 1. The van der Waals surface area contributed by atoms with Crippen molar-refractivity contribution in [3.63, 3.8) is 0 Å². The van der Waals surface area contributed by atoms with Gasteiger partial charge in [0.2, 0.25) is 5.95 Å². The van der Waals surface area contributed by atoms with Crippen LogP contribution in [0.3, 0.4) is 0 Å². The maximum atomic E-state index is 11.6. The molecule has 7 nitrogen and oxygen atoms in total. The third-order valence-corrected chi connectivity index (χ3v) is 3.81. The predicted octanol–water partition coefficient (Wildman–Crippen LogP) is 2.08. The van der Waals surface area contributed by atoms with Crippen LogP contribution in [0.1, 0.15) is 28.4 Å². The summed E-state index contributed by atoms with van der Waals surface area (Å²) in [6.45, 7) is 2.16. The minimum Gasteiger partial charge on any atom is -0.462 e. The van der Waals surface area contributed by atoms with E-state index in [4.69, 9.17) is 16.2 Å². The molecule has 0 unspecified atom stereocenters. The molecular weight excluding hydrogens is 306 g/mol. The van der Waals surface area contributed by atoms with Gasteiger partial charge in [0, 0.05) is 6.20 Å². The van der Waals surface area contributed by atoms with Gasteiger partial charge in [0.25, 0.3) is 0 Å². The first kappa shape index (κ1) is 15.8. The lowest BCUT2D eigenvalue weighted by Crippen LogP contribution is -2.04. The van der Waals surface area contributed by atoms with Crippen molar-refractivity contribution in [2.75, 3.05) is 18.1 Å². The number of hydrogen-bond acceptors (Lipinski definition) is 6. The highest BCUT2D eigenvalue weighted by molar-refractivity contribution is 5.90. The number of nitrogens with two attached hydrogens (primary N) is 2. The Bertz CT molecular complexity index is 871. The van der Waals surface area contributed by atoms with Gasteiger partial charge in [-0.15, -0.1) is 0 Å². The summed E-state index contributed by atoms with van der Waals surface area (Å²) in [5.41, 5.74) is 14.9. The van der Waals surface area contributed by atoms with Gasteiger partial charge in [-0.1, -0.05) is 12.1 Å². The summed E-state index contributed by atoms with van der Waals surface area (Å²) in [6, 6.07) is 7.42. The number of carbonyl (C=O) groups is 1. The van der Waals surface area contributed by atoms with Crippen molar-refractivity contribution in [3.8, 4) is 0 Å². The van der Waals surface area contributed by atoms with E-state index in [1.54, 1.807) is 19.1 Å². The van der Waals surface area contributed by atoms with E-state index in [0.29, 0.717) is 23.6 Å². The Labute approximate surface area is 139 Å². The fourth-order valence-electron chi connectivity index (χ4n) is 2.64. The molecule has 0 saturated heterocycles. The van der Waals surface area contributed by atoms with E-state index in [1.807, 2.05) is 18.3 Å². The Morgan fingerprint density at radius 3 is 2.62 bits per heavy atom. The third kappa shape index (κ3) is 3.15. The second-order valence-electron chi connectivity index (χ2n) is 5.42. The van der Waals surface area contributed by atoms with Gasteiger partial charge in [-0.2, -0.15) is 9.97 Å². The fraction of sp³-hybridized carbons (Fsp3) is 0.235. The van der Waals surface area contributed by atoms with Gasteiger partial charge in [0.15, 0.2) is 0 Å². The monoisotopic (exact) mass is 325 g/mol. The standard InChI is InChI=1S/C17H19N5O2/c1-2-24-16(23)11-6-3-10(4-7-11)5-8-12-9-20-15-13(12)14(18)21-17(19)22-15/h3-4,6-7,9H,2,5,8H2,1H3,(H5,18,19,20,21,22).